The number of rotatable bonds is 3. The third-order valence-electron chi connectivity index (χ3n) is 5.70. The summed E-state index contributed by atoms with van der Waals surface area (Å²) < 4.78 is 0. The largest absolute Gasteiger partial charge is 0.315 e. The molecule has 0 radical (unpaired) electrons. The molecule has 0 amide bonds. The molecular weight excluding hydrogens is 234 g/mol. The zero-order valence-electron chi connectivity index (χ0n) is 12.6. The van der Waals surface area contributed by atoms with E-state index >= 15 is 0 Å². The minimum atomic E-state index is 0.826. The highest BCUT2D eigenvalue weighted by Gasteiger charge is 2.34. The van der Waals surface area contributed by atoms with Crippen LogP contribution in [0.1, 0.15) is 45.4 Å². The van der Waals surface area contributed by atoms with E-state index in [9.17, 15) is 0 Å². The van der Waals surface area contributed by atoms with Gasteiger partial charge in [-0.05, 0) is 64.3 Å². The molecule has 3 aliphatic rings. The molecule has 110 valence electrons. The molecule has 0 bridgehead atoms. The molecule has 3 rings (SSSR count). The van der Waals surface area contributed by atoms with Crippen LogP contribution in [0.4, 0.5) is 0 Å². The fourth-order valence-electron chi connectivity index (χ4n) is 4.43. The van der Waals surface area contributed by atoms with Crippen LogP contribution < -0.4 is 5.32 Å². The van der Waals surface area contributed by atoms with E-state index in [0.29, 0.717) is 0 Å². The predicted molar refractivity (Wildman–Crippen MR) is 80.5 cm³/mol. The van der Waals surface area contributed by atoms with Crippen LogP contribution in [0.5, 0.6) is 0 Å². The van der Waals surface area contributed by atoms with Crippen LogP contribution in [0.15, 0.2) is 0 Å². The summed E-state index contributed by atoms with van der Waals surface area (Å²) in [5, 5.41) is 3.59. The fourth-order valence-corrected chi connectivity index (χ4v) is 4.43. The van der Waals surface area contributed by atoms with E-state index in [1.54, 1.807) is 0 Å². The second kappa shape index (κ2) is 6.55. The molecule has 0 spiro atoms. The predicted octanol–water partition coefficient (Wildman–Crippen LogP) is 1.93. The van der Waals surface area contributed by atoms with Crippen LogP contribution in [0, 0.1) is 5.92 Å². The van der Waals surface area contributed by atoms with E-state index in [1.165, 1.54) is 77.8 Å². The summed E-state index contributed by atoms with van der Waals surface area (Å²) in [6, 6.07) is 1.72. The molecule has 3 heteroatoms. The molecule has 0 aliphatic carbocycles. The van der Waals surface area contributed by atoms with Gasteiger partial charge in [-0.25, -0.2) is 0 Å². The Bertz CT molecular complexity index is 267. The molecule has 0 aromatic rings. The van der Waals surface area contributed by atoms with Crippen LogP contribution in [-0.2, 0) is 0 Å². The van der Waals surface area contributed by atoms with Crippen molar-refractivity contribution in [2.45, 2.75) is 57.5 Å². The molecule has 3 aliphatic heterocycles. The van der Waals surface area contributed by atoms with Crippen molar-refractivity contribution in [1.82, 2.24) is 15.1 Å². The van der Waals surface area contributed by atoms with Gasteiger partial charge in [-0.1, -0.05) is 19.8 Å². The third kappa shape index (κ3) is 3.14. The highest BCUT2D eigenvalue weighted by atomic mass is 15.2. The molecule has 19 heavy (non-hydrogen) atoms. The van der Waals surface area contributed by atoms with Gasteiger partial charge in [-0.15, -0.1) is 0 Å². The number of hydrogen-bond acceptors (Lipinski definition) is 3. The molecule has 3 nitrogen and oxygen atoms in total. The first-order chi connectivity index (χ1) is 9.38. The number of hydrogen-bond donors (Lipinski definition) is 1. The van der Waals surface area contributed by atoms with E-state index < -0.39 is 0 Å². The molecule has 3 heterocycles. The first kappa shape index (κ1) is 13.8. The summed E-state index contributed by atoms with van der Waals surface area (Å²) in [6.07, 6.45) is 8.49. The highest BCUT2D eigenvalue weighted by molar-refractivity contribution is 4.91. The van der Waals surface area contributed by atoms with Gasteiger partial charge in [0.2, 0.25) is 0 Å². The maximum atomic E-state index is 3.59. The zero-order valence-corrected chi connectivity index (χ0v) is 12.6. The Morgan fingerprint density at radius 3 is 2.32 bits per heavy atom. The van der Waals surface area contributed by atoms with Crippen molar-refractivity contribution in [2.75, 3.05) is 39.3 Å². The standard InChI is InChI=1S/C16H31N3/c1-2-14-12-17-13-16(14)19-10-6-15(7-11-19)18-8-4-3-5-9-18/h14-17H,2-13H2,1H3. The first-order valence-electron chi connectivity index (χ1n) is 8.57. The summed E-state index contributed by atoms with van der Waals surface area (Å²) in [6.45, 7) is 10.2. The molecule has 0 saturated carbocycles. The minimum Gasteiger partial charge on any atom is -0.315 e. The summed E-state index contributed by atoms with van der Waals surface area (Å²) in [7, 11) is 0. The van der Waals surface area contributed by atoms with E-state index in [0.717, 1.165) is 18.0 Å². The summed E-state index contributed by atoms with van der Waals surface area (Å²) in [5.74, 6) is 0.895. The number of piperidine rings is 2. The van der Waals surface area contributed by atoms with Gasteiger partial charge in [-0.2, -0.15) is 0 Å². The van der Waals surface area contributed by atoms with Crippen LogP contribution in [0.2, 0.25) is 0 Å². The second-order valence-corrected chi connectivity index (χ2v) is 6.76. The fraction of sp³-hybridized carbons (Fsp3) is 1.00. The van der Waals surface area contributed by atoms with Crippen LogP contribution in [0.25, 0.3) is 0 Å². The van der Waals surface area contributed by atoms with E-state index in [2.05, 4.69) is 22.0 Å². The van der Waals surface area contributed by atoms with Gasteiger partial charge in [0, 0.05) is 18.6 Å². The van der Waals surface area contributed by atoms with E-state index in [4.69, 9.17) is 0 Å². The van der Waals surface area contributed by atoms with Crippen molar-refractivity contribution in [3.05, 3.63) is 0 Å². The molecule has 1 N–H and O–H groups in total. The Kier molecular flexibility index (Phi) is 4.78. The van der Waals surface area contributed by atoms with Gasteiger partial charge in [0.25, 0.3) is 0 Å². The molecule has 3 fully saturated rings. The molecule has 0 aromatic carbocycles. The summed E-state index contributed by atoms with van der Waals surface area (Å²) >= 11 is 0. The van der Waals surface area contributed by atoms with Gasteiger partial charge < -0.3 is 10.2 Å². The SMILES string of the molecule is CCC1CNCC1N1CCC(N2CCCCC2)CC1. The van der Waals surface area contributed by atoms with Crippen LogP contribution in [-0.4, -0.2) is 61.2 Å². The molecule has 0 aromatic heterocycles. The second-order valence-electron chi connectivity index (χ2n) is 6.76. The van der Waals surface area contributed by atoms with Crippen molar-refractivity contribution in [1.29, 1.82) is 0 Å². The van der Waals surface area contributed by atoms with Crippen molar-refractivity contribution < 1.29 is 0 Å². The maximum Gasteiger partial charge on any atom is 0.0260 e. The smallest absolute Gasteiger partial charge is 0.0260 e. The third-order valence-corrected chi connectivity index (χ3v) is 5.70. The Labute approximate surface area is 118 Å². The Morgan fingerprint density at radius 1 is 0.895 bits per heavy atom. The topological polar surface area (TPSA) is 18.5 Å². The Hall–Kier alpha value is -0.120. The minimum absolute atomic E-state index is 0.826. The quantitative estimate of drug-likeness (QED) is 0.841. The first-order valence-corrected chi connectivity index (χ1v) is 8.57. The lowest BCUT2D eigenvalue weighted by Gasteiger charge is -2.43. The van der Waals surface area contributed by atoms with Crippen molar-refractivity contribution in [3.63, 3.8) is 0 Å². The number of nitrogens with zero attached hydrogens (tertiary/aromatic N) is 2. The normalized spacial score (nSPS) is 35.8. The van der Waals surface area contributed by atoms with Gasteiger partial charge in [0.05, 0.1) is 0 Å². The number of nitrogens with one attached hydrogen (secondary N) is 1. The van der Waals surface area contributed by atoms with Gasteiger partial charge in [-0.3, -0.25) is 4.90 Å². The Morgan fingerprint density at radius 2 is 1.63 bits per heavy atom. The monoisotopic (exact) mass is 265 g/mol. The average molecular weight is 265 g/mol. The Balaban J connectivity index is 1.48. The zero-order chi connectivity index (χ0) is 13.1. The van der Waals surface area contributed by atoms with Crippen molar-refractivity contribution in [2.24, 2.45) is 5.92 Å². The molecule has 2 atom stereocenters. The number of likely N-dealkylation sites (tertiary alicyclic amines) is 2. The summed E-state index contributed by atoms with van der Waals surface area (Å²) in [4.78, 5) is 5.57. The van der Waals surface area contributed by atoms with Crippen LogP contribution >= 0.6 is 0 Å². The van der Waals surface area contributed by atoms with Gasteiger partial charge in [0.1, 0.15) is 0 Å². The van der Waals surface area contributed by atoms with Crippen molar-refractivity contribution in [3.8, 4) is 0 Å². The average Bonchev–Trinajstić information content (AvgIpc) is 2.97. The maximum absolute atomic E-state index is 3.59. The summed E-state index contributed by atoms with van der Waals surface area (Å²) in [5.41, 5.74) is 0. The van der Waals surface area contributed by atoms with Gasteiger partial charge in [0.15, 0.2) is 0 Å². The lowest BCUT2D eigenvalue weighted by Crippen LogP contribution is -2.51. The highest BCUT2D eigenvalue weighted by Crippen LogP contribution is 2.26. The lowest BCUT2D eigenvalue weighted by molar-refractivity contribution is 0.0654. The van der Waals surface area contributed by atoms with Crippen LogP contribution in [0.3, 0.4) is 0 Å². The van der Waals surface area contributed by atoms with E-state index in [-0.39, 0.29) is 0 Å². The van der Waals surface area contributed by atoms with Crippen molar-refractivity contribution >= 4 is 0 Å². The lowest BCUT2D eigenvalue weighted by atomic mass is 9.94. The van der Waals surface area contributed by atoms with E-state index in [1.807, 2.05) is 0 Å². The van der Waals surface area contributed by atoms with Gasteiger partial charge >= 0.3 is 0 Å². The molecule has 3 saturated heterocycles. The molecule has 2 unspecified atom stereocenters. The molecular formula is C16H31N3.